The van der Waals surface area contributed by atoms with E-state index < -0.39 is 0 Å². The number of hydrogen-bond acceptors (Lipinski definition) is 2. The van der Waals surface area contributed by atoms with Crippen LogP contribution in [-0.4, -0.2) is 36.1 Å². The fourth-order valence-electron chi connectivity index (χ4n) is 2.53. The molecule has 2 nitrogen and oxygen atoms in total. The minimum Gasteiger partial charge on any atom is -0.309 e. The second-order valence-corrected chi connectivity index (χ2v) is 6.12. The minimum absolute atomic E-state index is 0.258. The van der Waals surface area contributed by atoms with E-state index in [1.54, 1.807) is 5.54 Å². The summed E-state index contributed by atoms with van der Waals surface area (Å²) in [5.74, 6) is 0.746. The molecule has 0 amide bonds. The van der Waals surface area contributed by atoms with Crippen molar-refractivity contribution in [2.45, 2.75) is 52.1 Å². The van der Waals surface area contributed by atoms with Gasteiger partial charge in [0.05, 0.1) is 0 Å². The fraction of sp³-hybridized carbons (Fsp3) is 0.857. The van der Waals surface area contributed by atoms with Crippen LogP contribution < -0.4 is 5.32 Å². The van der Waals surface area contributed by atoms with Gasteiger partial charge in [0.15, 0.2) is 0 Å². The molecule has 1 rings (SSSR count). The van der Waals surface area contributed by atoms with Crippen LogP contribution in [0.4, 0.5) is 0 Å². The predicted octanol–water partition coefficient (Wildman–Crippen LogP) is 3.23. The third-order valence-electron chi connectivity index (χ3n) is 3.79. The second-order valence-electron chi connectivity index (χ2n) is 5.87. The van der Waals surface area contributed by atoms with Crippen molar-refractivity contribution in [3.05, 3.63) is 11.6 Å². The van der Waals surface area contributed by atoms with E-state index in [0.29, 0.717) is 6.04 Å². The molecule has 0 radical (unpaired) electrons. The van der Waals surface area contributed by atoms with E-state index in [1.807, 2.05) is 0 Å². The monoisotopic (exact) mass is 258 g/mol. The number of rotatable bonds is 5. The van der Waals surface area contributed by atoms with Crippen molar-refractivity contribution >= 4 is 11.6 Å². The van der Waals surface area contributed by atoms with Crippen LogP contribution in [0.5, 0.6) is 0 Å². The van der Waals surface area contributed by atoms with Gasteiger partial charge in [0.2, 0.25) is 0 Å². The van der Waals surface area contributed by atoms with Gasteiger partial charge in [-0.3, -0.25) is 4.90 Å². The van der Waals surface area contributed by atoms with Crippen molar-refractivity contribution in [1.82, 2.24) is 10.2 Å². The molecule has 1 saturated heterocycles. The van der Waals surface area contributed by atoms with Crippen LogP contribution in [0.15, 0.2) is 11.6 Å². The van der Waals surface area contributed by atoms with Crippen LogP contribution in [0.1, 0.15) is 40.5 Å². The highest BCUT2D eigenvalue weighted by Gasteiger charge is 2.33. The van der Waals surface area contributed by atoms with Gasteiger partial charge in [0.1, 0.15) is 0 Å². The van der Waals surface area contributed by atoms with Crippen LogP contribution in [-0.2, 0) is 0 Å². The molecule has 1 fully saturated rings. The second kappa shape index (κ2) is 6.77. The van der Waals surface area contributed by atoms with Gasteiger partial charge in [0.25, 0.3) is 0 Å². The molecular formula is C14H27ClN2. The van der Waals surface area contributed by atoms with Crippen LogP contribution >= 0.6 is 11.6 Å². The zero-order valence-corrected chi connectivity index (χ0v) is 12.4. The topological polar surface area (TPSA) is 15.3 Å². The normalized spacial score (nSPS) is 31.5. The Balaban J connectivity index is 2.65. The van der Waals surface area contributed by atoms with E-state index in [-0.39, 0.29) is 5.54 Å². The molecule has 1 aliphatic heterocycles. The van der Waals surface area contributed by atoms with Gasteiger partial charge in [-0.15, -0.1) is 0 Å². The highest BCUT2D eigenvalue weighted by molar-refractivity contribution is 6.25. The fourth-order valence-corrected chi connectivity index (χ4v) is 2.61. The Morgan fingerprint density at radius 1 is 1.53 bits per heavy atom. The summed E-state index contributed by atoms with van der Waals surface area (Å²) in [4.78, 5) is 2.57. The summed E-state index contributed by atoms with van der Waals surface area (Å²) in [7, 11) is 0. The lowest BCUT2D eigenvalue weighted by atomic mass is 9.91. The lowest BCUT2D eigenvalue weighted by Gasteiger charge is -2.46. The number of piperazine rings is 1. The molecule has 0 aromatic carbocycles. The van der Waals surface area contributed by atoms with Crippen molar-refractivity contribution in [2.75, 3.05) is 19.6 Å². The van der Waals surface area contributed by atoms with Gasteiger partial charge in [-0.1, -0.05) is 38.4 Å². The van der Waals surface area contributed by atoms with Crippen molar-refractivity contribution in [2.24, 2.45) is 5.92 Å². The summed E-state index contributed by atoms with van der Waals surface area (Å²) in [5.41, 5.74) is 1.89. The first-order chi connectivity index (χ1) is 8.00. The number of hydrogen-bond donors (Lipinski definition) is 1. The summed E-state index contributed by atoms with van der Waals surface area (Å²) in [5, 5.41) is 3.71. The third-order valence-corrected chi connectivity index (χ3v) is 3.96. The third kappa shape index (κ3) is 4.61. The van der Waals surface area contributed by atoms with E-state index in [0.717, 1.165) is 25.6 Å². The molecule has 0 spiro atoms. The molecule has 0 aromatic heterocycles. The lowest BCUT2D eigenvalue weighted by molar-refractivity contribution is 0.0837. The van der Waals surface area contributed by atoms with Gasteiger partial charge in [-0.25, -0.2) is 0 Å². The maximum absolute atomic E-state index is 5.66. The number of nitrogens with zero attached hydrogens (tertiary/aromatic N) is 1. The molecule has 3 heteroatoms. The highest BCUT2D eigenvalue weighted by atomic mass is 35.5. The molecule has 2 atom stereocenters. The Morgan fingerprint density at radius 2 is 2.24 bits per heavy atom. The molecule has 0 aliphatic carbocycles. The Bertz CT molecular complexity index is 253. The summed E-state index contributed by atoms with van der Waals surface area (Å²) in [6, 6.07) is 0.641. The molecular weight excluding hydrogens is 232 g/mol. The quantitative estimate of drug-likeness (QED) is 0.815. The Hall–Kier alpha value is -0.0500. The van der Waals surface area contributed by atoms with Gasteiger partial charge < -0.3 is 5.32 Å². The number of halogens is 1. The van der Waals surface area contributed by atoms with Gasteiger partial charge in [-0.05, 0) is 25.7 Å². The average molecular weight is 259 g/mol. The largest absolute Gasteiger partial charge is 0.309 e. The van der Waals surface area contributed by atoms with Crippen molar-refractivity contribution < 1.29 is 0 Å². The van der Waals surface area contributed by atoms with E-state index in [1.165, 1.54) is 12.8 Å². The average Bonchev–Trinajstić information content (AvgIpc) is 2.29. The van der Waals surface area contributed by atoms with Crippen molar-refractivity contribution in [3.63, 3.8) is 0 Å². The predicted molar refractivity (Wildman–Crippen MR) is 76.5 cm³/mol. The molecule has 1 aliphatic rings. The summed E-state index contributed by atoms with van der Waals surface area (Å²) >= 11 is 5.66. The molecule has 1 heterocycles. The Kier molecular flexibility index (Phi) is 5.98. The van der Waals surface area contributed by atoms with Crippen LogP contribution in [0.3, 0.4) is 0 Å². The van der Waals surface area contributed by atoms with Gasteiger partial charge >= 0.3 is 0 Å². The maximum Gasteiger partial charge on any atom is 0.0278 e. The lowest BCUT2D eigenvalue weighted by Crippen LogP contribution is -2.62. The van der Waals surface area contributed by atoms with E-state index in [2.05, 4.69) is 44.0 Å². The first-order valence-electron chi connectivity index (χ1n) is 6.75. The van der Waals surface area contributed by atoms with Crippen molar-refractivity contribution in [3.8, 4) is 0 Å². The highest BCUT2D eigenvalue weighted by Crippen LogP contribution is 2.22. The Morgan fingerprint density at radius 3 is 2.76 bits per heavy atom. The molecule has 1 N–H and O–H groups in total. The first-order valence-corrected chi connectivity index (χ1v) is 7.18. The van der Waals surface area contributed by atoms with E-state index >= 15 is 0 Å². The summed E-state index contributed by atoms with van der Waals surface area (Å²) in [6.07, 6.45) is 4.47. The van der Waals surface area contributed by atoms with Crippen LogP contribution in [0.25, 0.3) is 0 Å². The van der Waals surface area contributed by atoms with Crippen LogP contribution in [0.2, 0.25) is 0 Å². The SMILES string of the molecule is CCC1(C)CN(C/C=C/Cl)C(CC(C)C)CN1. The molecule has 100 valence electrons. The summed E-state index contributed by atoms with van der Waals surface area (Å²) in [6.45, 7) is 12.3. The van der Waals surface area contributed by atoms with Crippen LogP contribution in [0, 0.1) is 5.92 Å². The summed E-state index contributed by atoms with van der Waals surface area (Å²) < 4.78 is 0. The maximum atomic E-state index is 5.66. The first kappa shape index (κ1) is 15.0. The van der Waals surface area contributed by atoms with E-state index in [4.69, 9.17) is 11.6 Å². The standard InChI is InChI=1S/C14H27ClN2/c1-5-14(4)11-17(8-6-7-15)13(10-16-14)9-12(2)3/h6-7,12-13,16H,5,8-11H2,1-4H3/b7-6+. The van der Waals surface area contributed by atoms with Gasteiger partial charge in [0, 0.05) is 36.8 Å². The zero-order chi connectivity index (χ0) is 12.9. The van der Waals surface area contributed by atoms with Crippen molar-refractivity contribution in [1.29, 1.82) is 0 Å². The minimum atomic E-state index is 0.258. The Labute approximate surface area is 111 Å². The van der Waals surface area contributed by atoms with E-state index in [9.17, 15) is 0 Å². The molecule has 17 heavy (non-hydrogen) atoms. The zero-order valence-electron chi connectivity index (χ0n) is 11.7. The molecule has 0 aromatic rings. The smallest absolute Gasteiger partial charge is 0.0278 e. The molecule has 0 bridgehead atoms. The number of nitrogens with one attached hydrogen (secondary N) is 1. The molecule has 0 saturated carbocycles. The molecule has 2 unspecified atom stereocenters. The van der Waals surface area contributed by atoms with Gasteiger partial charge in [-0.2, -0.15) is 0 Å².